The fourth-order valence-electron chi connectivity index (χ4n) is 2.81. The van der Waals surface area contributed by atoms with Crippen molar-refractivity contribution in [3.05, 3.63) is 30.0 Å². The topological polar surface area (TPSA) is 31.4 Å². The third kappa shape index (κ3) is 3.26. The highest BCUT2D eigenvalue weighted by atomic mass is 32.2. The average Bonchev–Trinajstić information content (AvgIpc) is 3.09. The minimum Gasteiger partial charge on any atom is -0.363 e. The largest absolute Gasteiger partial charge is 0.363 e. The van der Waals surface area contributed by atoms with Crippen molar-refractivity contribution in [3.8, 4) is 0 Å². The first-order valence-electron chi connectivity index (χ1n) is 7.75. The highest BCUT2D eigenvalue weighted by Crippen LogP contribution is 2.28. The maximum absolute atomic E-state index is 4.73. The van der Waals surface area contributed by atoms with Crippen molar-refractivity contribution in [1.29, 1.82) is 0 Å². The molecule has 1 aromatic heterocycles. The molecule has 3 rings (SSSR count). The van der Waals surface area contributed by atoms with Crippen molar-refractivity contribution >= 4 is 28.5 Å². The molecule has 0 spiro atoms. The minimum absolute atomic E-state index is 0.907. The third-order valence-corrected chi connectivity index (χ3v) is 5.13. The smallest absolute Gasteiger partial charge is 0.0987 e. The van der Waals surface area contributed by atoms with E-state index in [4.69, 9.17) is 4.99 Å². The first kappa shape index (κ1) is 14.5. The number of aromatic nitrogens is 1. The zero-order chi connectivity index (χ0) is 14.7. The highest BCUT2D eigenvalue weighted by molar-refractivity contribution is 7.99. The summed E-state index contributed by atoms with van der Waals surface area (Å²) in [5.74, 6) is 2.32. The predicted octanol–water partition coefficient (Wildman–Crippen LogP) is 3.95. The van der Waals surface area contributed by atoms with Crippen LogP contribution in [0.3, 0.4) is 0 Å². The highest BCUT2D eigenvalue weighted by Gasteiger charge is 2.13. The molecule has 0 aliphatic carbocycles. The van der Waals surface area contributed by atoms with Crippen LogP contribution in [0.4, 0.5) is 0 Å². The van der Waals surface area contributed by atoms with Gasteiger partial charge in [-0.1, -0.05) is 13.0 Å². The summed E-state index contributed by atoms with van der Waals surface area (Å²) in [6, 6.07) is 6.70. The number of likely N-dealkylation sites (tertiary alicyclic amines) is 1. The molecule has 0 amide bonds. The van der Waals surface area contributed by atoms with Crippen molar-refractivity contribution in [2.75, 3.05) is 25.9 Å². The standard InChI is InChI=1S/C17H23N3S/c1-3-13-6-7-15-14(11-13)16(12-19-15)21-10-8-18-17-5-4-9-20(17)2/h6-7,11-12,19H,3-5,8-10H2,1-2H3/b18-17+. The lowest BCUT2D eigenvalue weighted by Gasteiger charge is -2.10. The number of aromatic amines is 1. The first-order chi connectivity index (χ1) is 10.3. The van der Waals surface area contributed by atoms with Gasteiger partial charge < -0.3 is 9.88 Å². The van der Waals surface area contributed by atoms with Gasteiger partial charge in [0, 0.05) is 47.8 Å². The molecule has 3 nitrogen and oxygen atoms in total. The van der Waals surface area contributed by atoms with Crippen LogP contribution in [0.15, 0.2) is 34.3 Å². The normalized spacial score (nSPS) is 17.2. The summed E-state index contributed by atoms with van der Waals surface area (Å²) >= 11 is 1.90. The molecule has 1 aliphatic heterocycles. The van der Waals surface area contributed by atoms with Crippen molar-refractivity contribution in [2.24, 2.45) is 4.99 Å². The number of rotatable bonds is 5. The summed E-state index contributed by atoms with van der Waals surface area (Å²) in [5, 5.41) is 1.35. The van der Waals surface area contributed by atoms with E-state index in [0.29, 0.717) is 0 Å². The number of fused-ring (bicyclic) bond motifs is 1. The Morgan fingerprint density at radius 1 is 1.38 bits per heavy atom. The SMILES string of the molecule is CCc1ccc2[nH]cc(SCC/N=C3\CCCN3C)c2c1. The summed E-state index contributed by atoms with van der Waals surface area (Å²) in [5.41, 5.74) is 2.63. The molecule has 4 heteroatoms. The Kier molecular flexibility index (Phi) is 4.54. The van der Waals surface area contributed by atoms with E-state index in [2.05, 4.69) is 48.3 Å². The fraction of sp³-hybridized carbons (Fsp3) is 0.471. The average molecular weight is 301 g/mol. The Balaban J connectivity index is 1.62. The Hall–Kier alpha value is -1.42. The number of benzene rings is 1. The number of thioether (sulfide) groups is 1. The van der Waals surface area contributed by atoms with Gasteiger partial charge in [0.1, 0.15) is 0 Å². The number of nitrogens with zero attached hydrogens (tertiary/aromatic N) is 2. The van der Waals surface area contributed by atoms with Gasteiger partial charge in [0.2, 0.25) is 0 Å². The van der Waals surface area contributed by atoms with Gasteiger partial charge in [0.05, 0.1) is 12.4 Å². The predicted molar refractivity (Wildman–Crippen MR) is 92.6 cm³/mol. The summed E-state index contributed by atoms with van der Waals surface area (Å²) in [4.78, 5) is 11.7. The Bertz CT molecular complexity index is 645. The second-order valence-corrected chi connectivity index (χ2v) is 6.69. The zero-order valence-corrected chi connectivity index (χ0v) is 13.7. The summed E-state index contributed by atoms with van der Waals surface area (Å²) in [6.07, 6.45) is 5.62. The number of aliphatic imine (C=N–C) groups is 1. The van der Waals surface area contributed by atoms with E-state index in [1.54, 1.807) is 0 Å². The van der Waals surface area contributed by atoms with E-state index in [1.165, 1.54) is 33.6 Å². The number of nitrogens with one attached hydrogen (secondary N) is 1. The van der Waals surface area contributed by atoms with Crippen molar-refractivity contribution < 1.29 is 0 Å². The molecule has 21 heavy (non-hydrogen) atoms. The van der Waals surface area contributed by atoms with Gasteiger partial charge in [-0.05, 0) is 30.5 Å². The quantitative estimate of drug-likeness (QED) is 0.670. The van der Waals surface area contributed by atoms with E-state index in [-0.39, 0.29) is 0 Å². The van der Waals surface area contributed by atoms with E-state index in [0.717, 1.165) is 31.7 Å². The number of aryl methyl sites for hydroxylation is 1. The van der Waals surface area contributed by atoms with E-state index in [9.17, 15) is 0 Å². The van der Waals surface area contributed by atoms with Crippen LogP contribution < -0.4 is 0 Å². The lowest BCUT2D eigenvalue weighted by Crippen LogP contribution is -2.19. The first-order valence-corrected chi connectivity index (χ1v) is 8.73. The Morgan fingerprint density at radius 3 is 3.05 bits per heavy atom. The van der Waals surface area contributed by atoms with E-state index >= 15 is 0 Å². The fourth-order valence-corrected chi connectivity index (χ4v) is 3.67. The van der Waals surface area contributed by atoms with Crippen molar-refractivity contribution in [3.63, 3.8) is 0 Å². The lowest BCUT2D eigenvalue weighted by atomic mass is 10.1. The van der Waals surface area contributed by atoms with E-state index < -0.39 is 0 Å². The molecule has 0 bridgehead atoms. The maximum Gasteiger partial charge on any atom is 0.0987 e. The molecule has 112 valence electrons. The zero-order valence-electron chi connectivity index (χ0n) is 12.9. The van der Waals surface area contributed by atoms with Crippen LogP contribution in [0.25, 0.3) is 10.9 Å². The lowest BCUT2D eigenvalue weighted by molar-refractivity contribution is 0.548. The molecule has 2 heterocycles. The van der Waals surface area contributed by atoms with Gasteiger partial charge in [0.15, 0.2) is 0 Å². The van der Waals surface area contributed by atoms with Crippen LogP contribution >= 0.6 is 11.8 Å². The molecule has 0 atom stereocenters. The van der Waals surface area contributed by atoms with Gasteiger partial charge >= 0.3 is 0 Å². The molecule has 1 N–H and O–H groups in total. The van der Waals surface area contributed by atoms with Crippen LogP contribution in [0.1, 0.15) is 25.3 Å². The number of hydrogen-bond acceptors (Lipinski definition) is 2. The van der Waals surface area contributed by atoms with Crippen LogP contribution in [0.5, 0.6) is 0 Å². The molecule has 1 aromatic carbocycles. The van der Waals surface area contributed by atoms with Crippen molar-refractivity contribution in [2.45, 2.75) is 31.1 Å². The number of hydrogen-bond donors (Lipinski definition) is 1. The summed E-state index contributed by atoms with van der Waals surface area (Å²) in [7, 11) is 2.14. The molecule has 1 fully saturated rings. The molecular formula is C17H23N3S. The Morgan fingerprint density at radius 2 is 2.29 bits per heavy atom. The number of amidine groups is 1. The van der Waals surface area contributed by atoms with Crippen LogP contribution in [-0.4, -0.2) is 41.6 Å². The van der Waals surface area contributed by atoms with Crippen LogP contribution in [-0.2, 0) is 6.42 Å². The monoisotopic (exact) mass is 301 g/mol. The summed E-state index contributed by atoms with van der Waals surface area (Å²) < 4.78 is 0. The van der Waals surface area contributed by atoms with Gasteiger partial charge in [0.25, 0.3) is 0 Å². The number of H-pyrrole nitrogens is 1. The minimum atomic E-state index is 0.907. The second kappa shape index (κ2) is 6.56. The molecule has 2 aromatic rings. The molecule has 1 saturated heterocycles. The summed E-state index contributed by atoms with van der Waals surface area (Å²) in [6.45, 7) is 4.27. The molecule has 0 saturated carbocycles. The van der Waals surface area contributed by atoms with Gasteiger partial charge in [-0.15, -0.1) is 11.8 Å². The van der Waals surface area contributed by atoms with Gasteiger partial charge in [-0.25, -0.2) is 0 Å². The maximum atomic E-state index is 4.73. The second-order valence-electron chi connectivity index (χ2n) is 5.56. The van der Waals surface area contributed by atoms with Crippen LogP contribution in [0.2, 0.25) is 0 Å². The van der Waals surface area contributed by atoms with E-state index in [1.807, 2.05) is 11.8 Å². The third-order valence-electron chi connectivity index (χ3n) is 4.09. The molecular weight excluding hydrogens is 278 g/mol. The molecule has 0 unspecified atom stereocenters. The molecule has 1 aliphatic rings. The van der Waals surface area contributed by atoms with Crippen LogP contribution in [0, 0.1) is 0 Å². The molecule has 0 radical (unpaired) electrons. The van der Waals surface area contributed by atoms with Crippen molar-refractivity contribution in [1.82, 2.24) is 9.88 Å². The van der Waals surface area contributed by atoms with Gasteiger partial charge in [-0.2, -0.15) is 0 Å². The van der Waals surface area contributed by atoms with Gasteiger partial charge in [-0.3, -0.25) is 4.99 Å². The Labute approximate surface area is 130 Å².